The normalized spacial score (nSPS) is 26.4. The van der Waals surface area contributed by atoms with Crippen molar-refractivity contribution in [1.82, 2.24) is 15.1 Å². The number of fused-ring (bicyclic) bond motifs is 3. The fraction of sp³-hybridized carbons (Fsp3) is 0.444. The standard InChI is InChI=1S/C18H17F2N3O3/c19-11-2-3-12(20)17-16(11)25-14-7-23(8-15(14)26-17)18(24)9-1-4-13-10(5-9)6-21-22-13/h2-3,6,9,14-15H,1,4-5,7-8H2,(H,21,22)/t9?,14-,15+. The van der Waals surface area contributed by atoms with Gasteiger partial charge in [-0.2, -0.15) is 5.10 Å². The number of aryl methyl sites for hydroxylation is 1. The van der Waals surface area contributed by atoms with Crippen molar-refractivity contribution in [3.63, 3.8) is 0 Å². The minimum Gasteiger partial charge on any atom is -0.478 e. The van der Waals surface area contributed by atoms with Crippen molar-refractivity contribution < 1.29 is 23.0 Å². The summed E-state index contributed by atoms with van der Waals surface area (Å²) < 4.78 is 39.1. The zero-order valence-corrected chi connectivity index (χ0v) is 13.9. The van der Waals surface area contributed by atoms with E-state index in [9.17, 15) is 13.6 Å². The molecule has 2 aliphatic heterocycles. The number of likely N-dealkylation sites (tertiary alicyclic amines) is 1. The van der Waals surface area contributed by atoms with Crippen molar-refractivity contribution in [2.24, 2.45) is 5.92 Å². The van der Waals surface area contributed by atoms with Gasteiger partial charge in [0, 0.05) is 11.6 Å². The maximum atomic E-state index is 13.9. The van der Waals surface area contributed by atoms with E-state index < -0.39 is 23.8 Å². The van der Waals surface area contributed by atoms with Gasteiger partial charge in [-0.3, -0.25) is 9.89 Å². The SMILES string of the molecule is O=C(C1CCc2[nH]ncc2C1)N1C[C@@H]2Oc3c(F)ccc(F)c3O[C@@H]2C1. The second-order valence-corrected chi connectivity index (χ2v) is 7.06. The minimum absolute atomic E-state index is 0.0310. The van der Waals surface area contributed by atoms with Gasteiger partial charge in [0.25, 0.3) is 0 Å². The van der Waals surface area contributed by atoms with Crippen molar-refractivity contribution in [2.45, 2.75) is 31.5 Å². The summed E-state index contributed by atoms with van der Waals surface area (Å²) in [5, 5.41) is 6.99. The number of nitrogens with zero attached hydrogens (tertiary/aromatic N) is 2. The van der Waals surface area contributed by atoms with E-state index in [1.807, 2.05) is 0 Å². The average molecular weight is 361 g/mol. The molecule has 3 heterocycles. The Bertz CT molecular complexity index is 846. The summed E-state index contributed by atoms with van der Waals surface area (Å²) in [6, 6.07) is 2.03. The molecule has 0 radical (unpaired) electrons. The molecule has 0 bridgehead atoms. The van der Waals surface area contributed by atoms with Crippen LogP contribution >= 0.6 is 0 Å². The first kappa shape index (κ1) is 15.6. The summed E-state index contributed by atoms with van der Waals surface area (Å²) in [5.41, 5.74) is 2.17. The molecule has 1 aromatic carbocycles. The van der Waals surface area contributed by atoms with Crippen molar-refractivity contribution in [1.29, 1.82) is 0 Å². The summed E-state index contributed by atoms with van der Waals surface area (Å²) in [4.78, 5) is 14.6. The maximum absolute atomic E-state index is 13.9. The third kappa shape index (κ3) is 2.35. The van der Waals surface area contributed by atoms with Gasteiger partial charge in [-0.15, -0.1) is 0 Å². The zero-order chi connectivity index (χ0) is 17.8. The number of ether oxygens (including phenoxy) is 2. The Labute approximate surface area is 148 Å². The maximum Gasteiger partial charge on any atom is 0.226 e. The van der Waals surface area contributed by atoms with Gasteiger partial charge in [-0.25, -0.2) is 8.78 Å². The average Bonchev–Trinajstić information content (AvgIpc) is 3.28. The van der Waals surface area contributed by atoms with E-state index in [1.165, 1.54) is 0 Å². The number of rotatable bonds is 1. The number of aromatic nitrogens is 2. The van der Waals surface area contributed by atoms with E-state index >= 15 is 0 Å². The Morgan fingerprint density at radius 2 is 1.81 bits per heavy atom. The monoisotopic (exact) mass is 361 g/mol. The van der Waals surface area contributed by atoms with E-state index in [0.717, 1.165) is 36.2 Å². The van der Waals surface area contributed by atoms with Gasteiger partial charge < -0.3 is 14.4 Å². The van der Waals surface area contributed by atoms with Crippen LogP contribution in [-0.2, 0) is 17.6 Å². The number of hydrogen-bond acceptors (Lipinski definition) is 4. The van der Waals surface area contributed by atoms with Crippen molar-refractivity contribution in [3.05, 3.63) is 41.2 Å². The first-order chi connectivity index (χ1) is 12.6. The van der Waals surface area contributed by atoms with Crippen LogP contribution in [0.1, 0.15) is 17.7 Å². The van der Waals surface area contributed by atoms with Crippen molar-refractivity contribution >= 4 is 5.91 Å². The van der Waals surface area contributed by atoms with Gasteiger partial charge in [0.1, 0.15) is 0 Å². The molecule has 1 unspecified atom stereocenters. The highest BCUT2D eigenvalue weighted by atomic mass is 19.1. The van der Waals surface area contributed by atoms with Crippen LogP contribution in [0, 0.1) is 17.6 Å². The van der Waals surface area contributed by atoms with E-state index in [1.54, 1.807) is 11.1 Å². The van der Waals surface area contributed by atoms with E-state index in [0.29, 0.717) is 19.5 Å². The van der Waals surface area contributed by atoms with Crippen LogP contribution in [0.5, 0.6) is 11.5 Å². The van der Waals surface area contributed by atoms with Gasteiger partial charge in [0.2, 0.25) is 17.4 Å². The molecule has 1 fully saturated rings. The molecule has 1 N–H and O–H groups in total. The predicted octanol–water partition coefficient (Wildman–Crippen LogP) is 1.84. The Morgan fingerprint density at radius 1 is 1.15 bits per heavy atom. The van der Waals surface area contributed by atoms with Gasteiger partial charge >= 0.3 is 0 Å². The van der Waals surface area contributed by atoms with E-state index in [-0.39, 0.29) is 23.3 Å². The fourth-order valence-corrected chi connectivity index (χ4v) is 4.07. The molecule has 1 aromatic heterocycles. The fourth-order valence-electron chi connectivity index (χ4n) is 4.07. The van der Waals surface area contributed by atoms with Crippen LogP contribution in [-0.4, -0.2) is 46.3 Å². The zero-order valence-electron chi connectivity index (χ0n) is 13.9. The minimum atomic E-state index is -0.663. The Morgan fingerprint density at radius 3 is 2.46 bits per heavy atom. The molecular formula is C18H17F2N3O3. The molecule has 1 amide bonds. The van der Waals surface area contributed by atoms with Gasteiger partial charge in [-0.1, -0.05) is 0 Å². The summed E-state index contributed by atoms with van der Waals surface area (Å²) in [7, 11) is 0. The van der Waals surface area contributed by atoms with E-state index in [2.05, 4.69) is 10.2 Å². The molecule has 0 saturated carbocycles. The molecule has 8 heteroatoms. The molecule has 3 aliphatic rings. The van der Waals surface area contributed by atoms with E-state index in [4.69, 9.17) is 9.47 Å². The van der Waals surface area contributed by atoms with Crippen LogP contribution < -0.4 is 9.47 Å². The van der Waals surface area contributed by atoms with Gasteiger partial charge in [0.15, 0.2) is 23.8 Å². The number of carbonyl (C=O) groups is 1. The molecule has 3 atom stereocenters. The number of H-pyrrole nitrogens is 1. The first-order valence-corrected chi connectivity index (χ1v) is 8.71. The lowest BCUT2D eigenvalue weighted by Gasteiger charge is -2.28. The quantitative estimate of drug-likeness (QED) is 0.842. The lowest BCUT2D eigenvalue weighted by molar-refractivity contribution is -0.135. The molecule has 0 spiro atoms. The number of halogens is 2. The molecule has 1 aliphatic carbocycles. The smallest absolute Gasteiger partial charge is 0.226 e. The van der Waals surface area contributed by atoms with Crippen molar-refractivity contribution in [3.8, 4) is 11.5 Å². The van der Waals surface area contributed by atoms with Crippen LogP contribution in [0.15, 0.2) is 18.3 Å². The second kappa shape index (κ2) is 5.69. The third-order valence-corrected chi connectivity index (χ3v) is 5.45. The highest BCUT2D eigenvalue weighted by molar-refractivity contribution is 5.80. The largest absolute Gasteiger partial charge is 0.478 e. The van der Waals surface area contributed by atoms with Gasteiger partial charge in [-0.05, 0) is 37.0 Å². The van der Waals surface area contributed by atoms with Crippen molar-refractivity contribution in [2.75, 3.05) is 13.1 Å². The molecule has 2 aromatic rings. The third-order valence-electron chi connectivity index (χ3n) is 5.45. The molecule has 1 saturated heterocycles. The summed E-state index contributed by atoms with van der Waals surface area (Å²) in [6.45, 7) is 0.626. The predicted molar refractivity (Wildman–Crippen MR) is 85.9 cm³/mol. The number of benzene rings is 1. The number of nitrogens with one attached hydrogen (secondary N) is 1. The molecule has 6 nitrogen and oxygen atoms in total. The number of amides is 1. The Kier molecular flexibility index (Phi) is 3.41. The van der Waals surface area contributed by atoms with Crippen LogP contribution in [0.2, 0.25) is 0 Å². The number of aromatic amines is 1. The summed E-state index contributed by atoms with van der Waals surface area (Å²) in [6.07, 6.45) is 2.99. The topological polar surface area (TPSA) is 67.5 Å². The molecule has 26 heavy (non-hydrogen) atoms. The Balaban J connectivity index is 1.32. The first-order valence-electron chi connectivity index (χ1n) is 8.71. The summed E-state index contributed by atoms with van der Waals surface area (Å²) in [5.74, 6) is -1.82. The second-order valence-electron chi connectivity index (χ2n) is 7.06. The van der Waals surface area contributed by atoms with Crippen LogP contribution in [0.3, 0.4) is 0 Å². The Hall–Kier alpha value is -2.64. The van der Waals surface area contributed by atoms with Crippen LogP contribution in [0.25, 0.3) is 0 Å². The summed E-state index contributed by atoms with van der Waals surface area (Å²) >= 11 is 0. The number of hydrogen-bond donors (Lipinski definition) is 1. The molecular weight excluding hydrogens is 344 g/mol. The highest BCUT2D eigenvalue weighted by Gasteiger charge is 2.45. The molecule has 5 rings (SSSR count). The number of carbonyl (C=O) groups excluding carboxylic acids is 1. The lowest BCUT2D eigenvalue weighted by atomic mass is 9.87. The molecule has 136 valence electrons. The highest BCUT2D eigenvalue weighted by Crippen LogP contribution is 2.40. The van der Waals surface area contributed by atoms with Gasteiger partial charge in [0.05, 0.1) is 19.3 Å². The van der Waals surface area contributed by atoms with Crippen LogP contribution in [0.4, 0.5) is 8.78 Å². The lowest BCUT2D eigenvalue weighted by Crippen LogP contribution is -2.39.